The van der Waals surface area contributed by atoms with Crippen molar-refractivity contribution in [2.45, 2.75) is 26.2 Å². The Morgan fingerprint density at radius 2 is 1.46 bits per heavy atom. The van der Waals surface area contributed by atoms with Crippen LogP contribution in [0.1, 0.15) is 26.2 Å². The fourth-order valence-electron chi connectivity index (χ4n) is 2.59. The third-order valence-corrected chi connectivity index (χ3v) is 6.20. The molecular formula is C18H31N3O2S3. The average Bonchev–Trinajstić information content (AvgIpc) is 2.65. The second-order valence-electron chi connectivity index (χ2n) is 5.81. The van der Waals surface area contributed by atoms with Gasteiger partial charge in [-0.05, 0) is 28.7 Å². The molecule has 0 aromatic heterocycles. The molecule has 0 saturated carbocycles. The number of hydrogen-bond acceptors (Lipinski definition) is 6. The molecule has 0 aromatic rings. The van der Waals surface area contributed by atoms with Gasteiger partial charge >= 0.3 is 0 Å². The van der Waals surface area contributed by atoms with Crippen molar-refractivity contribution in [1.29, 1.82) is 0 Å². The van der Waals surface area contributed by atoms with Crippen molar-refractivity contribution in [2.24, 2.45) is 0 Å². The van der Waals surface area contributed by atoms with Crippen LogP contribution in [0.2, 0.25) is 0 Å². The van der Waals surface area contributed by atoms with Gasteiger partial charge in [0.1, 0.15) is 0 Å². The molecule has 1 heterocycles. The predicted molar refractivity (Wildman–Crippen MR) is 117 cm³/mol. The van der Waals surface area contributed by atoms with Gasteiger partial charge in [0, 0.05) is 30.9 Å². The molecule has 8 heteroatoms. The summed E-state index contributed by atoms with van der Waals surface area (Å²) in [6.07, 6.45) is 2.02. The van der Waals surface area contributed by atoms with Crippen molar-refractivity contribution in [1.82, 2.24) is 14.7 Å². The number of nitrogens with zero attached hydrogens (tertiary/aromatic N) is 3. The topological polar surface area (TPSA) is 43.9 Å². The largest absolute Gasteiger partial charge is 0.312 e. The third kappa shape index (κ3) is 9.39. The van der Waals surface area contributed by atoms with E-state index in [2.05, 4.69) is 25.0 Å². The van der Waals surface area contributed by atoms with E-state index in [1.54, 1.807) is 44.1 Å². The molecule has 148 valence electrons. The number of rotatable bonds is 13. The van der Waals surface area contributed by atoms with E-state index in [1.807, 2.05) is 11.8 Å². The van der Waals surface area contributed by atoms with E-state index in [-0.39, 0.29) is 11.8 Å². The maximum atomic E-state index is 12.5. The van der Waals surface area contributed by atoms with Crippen LogP contribution in [0.5, 0.6) is 0 Å². The van der Waals surface area contributed by atoms with Gasteiger partial charge in [0.2, 0.25) is 11.8 Å². The van der Waals surface area contributed by atoms with E-state index in [0.717, 1.165) is 36.0 Å². The van der Waals surface area contributed by atoms with Crippen LogP contribution >= 0.6 is 35.3 Å². The average molecular weight is 418 g/mol. The van der Waals surface area contributed by atoms with Gasteiger partial charge in [-0.15, -0.1) is 23.5 Å². The van der Waals surface area contributed by atoms with E-state index in [0.29, 0.717) is 32.8 Å². The SMILES string of the molecule is C=CSCCC(=O)N1CN(CCCSCC)CN(C(=O)CCSC=C)C1. The van der Waals surface area contributed by atoms with Crippen molar-refractivity contribution in [3.8, 4) is 0 Å². The molecule has 0 unspecified atom stereocenters. The number of carbonyl (C=O) groups excluding carboxylic acids is 2. The van der Waals surface area contributed by atoms with Crippen LogP contribution in [-0.2, 0) is 9.59 Å². The maximum absolute atomic E-state index is 12.5. The van der Waals surface area contributed by atoms with Gasteiger partial charge in [-0.3, -0.25) is 14.5 Å². The summed E-state index contributed by atoms with van der Waals surface area (Å²) >= 11 is 5.02. The second-order valence-corrected chi connectivity index (χ2v) is 9.35. The van der Waals surface area contributed by atoms with Crippen molar-refractivity contribution in [3.63, 3.8) is 0 Å². The minimum Gasteiger partial charge on any atom is -0.312 e. The molecule has 1 aliphatic heterocycles. The van der Waals surface area contributed by atoms with Gasteiger partial charge < -0.3 is 9.80 Å². The first-order valence-electron chi connectivity index (χ1n) is 8.93. The molecule has 0 aromatic carbocycles. The molecule has 0 bridgehead atoms. The lowest BCUT2D eigenvalue weighted by molar-refractivity contribution is -0.151. The quantitative estimate of drug-likeness (QED) is 0.427. The molecule has 0 spiro atoms. The summed E-state index contributed by atoms with van der Waals surface area (Å²) in [7, 11) is 0. The Balaban J connectivity index is 2.61. The summed E-state index contributed by atoms with van der Waals surface area (Å²) in [5, 5.41) is 3.52. The number of thioether (sulfide) groups is 3. The highest BCUT2D eigenvalue weighted by Gasteiger charge is 2.28. The molecule has 1 fully saturated rings. The Morgan fingerprint density at radius 3 is 1.92 bits per heavy atom. The van der Waals surface area contributed by atoms with Crippen molar-refractivity contribution in [3.05, 3.63) is 24.0 Å². The van der Waals surface area contributed by atoms with Crippen LogP contribution in [0.15, 0.2) is 24.0 Å². The summed E-state index contributed by atoms with van der Waals surface area (Å²) < 4.78 is 0. The Hall–Kier alpha value is -0.570. The van der Waals surface area contributed by atoms with Crippen molar-refractivity contribution >= 4 is 47.1 Å². The molecule has 1 rings (SSSR count). The first-order chi connectivity index (χ1) is 12.6. The lowest BCUT2D eigenvalue weighted by atomic mass is 10.3. The van der Waals surface area contributed by atoms with Gasteiger partial charge in [0.15, 0.2) is 0 Å². The zero-order chi connectivity index (χ0) is 19.2. The zero-order valence-electron chi connectivity index (χ0n) is 15.7. The van der Waals surface area contributed by atoms with E-state index >= 15 is 0 Å². The molecule has 0 N–H and O–H groups in total. The molecular weight excluding hydrogens is 386 g/mol. The van der Waals surface area contributed by atoms with Gasteiger partial charge in [-0.25, -0.2) is 0 Å². The molecule has 2 amide bonds. The van der Waals surface area contributed by atoms with E-state index in [1.165, 1.54) is 0 Å². The van der Waals surface area contributed by atoms with Crippen LogP contribution in [0.4, 0.5) is 0 Å². The Bertz CT molecular complexity index is 429. The van der Waals surface area contributed by atoms with Crippen LogP contribution in [0, 0.1) is 0 Å². The third-order valence-electron chi connectivity index (χ3n) is 3.86. The van der Waals surface area contributed by atoms with Crippen LogP contribution in [0.25, 0.3) is 0 Å². The summed E-state index contributed by atoms with van der Waals surface area (Å²) in [5.74, 6) is 3.90. The van der Waals surface area contributed by atoms with Crippen LogP contribution in [0.3, 0.4) is 0 Å². The highest BCUT2D eigenvalue weighted by molar-refractivity contribution is 8.02. The van der Waals surface area contributed by atoms with E-state index < -0.39 is 0 Å². The maximum Gasteiger partial charge on any atom is 0.225 e. The highest BCUT2D eigenvalue weighted by atomic mass is 32.2. The summed E-state index contributed by atoms with van der Waals surface area (Å²) in [4.78, 5) is 30.8. The zero-order valence-corrected chi connectivity index (χ0v) is 18.2. The first kappa shape index (κ1) is 23.5. The Kier molecular flexibility index (Phi) is 13.1. The summed E-state index contributed by atoms with van der Waals surface area (Å²) in [6.45, 7) is 12.0. The van der Waals surface area contributed by atoms with Gasteiger partial charge in [-0.1, -0.05) is 20.1 Å². The molecule has 1 aliphatic rings. The van der Waals surface area contributed by atoms with E-state index in [4.69, 9.17) is 0 Å². The summed E-state index contributed by atoms with van der Waals surface area (Å²) in [5.41, 5.74) is 0. The summed E-state index contributed by atoms with van der Waals surface area (Å²) in [6, 6.07) is 0. The lowest BCUT2D eigenvalue weighted by Crippen LogP contribution is -2.58. The number of amides is 2. The van der Waals surface area contributed by atoms with Gasteiger partial charge in [-0.2, -0.15) is 11.8 Å². The lowest BCUT2D eigenvalue weighted by Gasteiger charge is -2.42. The standard InChI is InChI=1S/C18H31N3O2S3/c1-4-24-11-7-10-19-14-20(17(22)8-12-25-5-2)16-21(15-19)18(23)9-13-26-6-3/h5-6H,2-4,7-16H2,1H3. The van der Waals surface area contributed by atoms with Gasteiger partial charge in [0.05, 0.1) is 20.0 Å². The second kappa shape index (κ2) is 14.5. The molecule has 0 atom stereocenters. The van der Waals surface area contributed by atoms with Crippen molar-refractivity contribution in [2.75, 3.05) is 49.6 Å². The number of hydrogen-bond donors (Lipinski definition) is 0. The van der Waals surface area contributed by atoms with E-state index in [9.17, 15) is 9.59 Å². The van der Waals surface area contributed by atoms with Gasteiger partial charge in [0.25, 0.3) is 0 Å². The molecule has 0 aliphatic carbocycles. The molecule has 0 radical (unpaired) electrons. The van der Waals surface area contributed by atoms with Crippen LogP contribution in [-0.4, -0.2) is 76.1 Å². The van der Waals surface area contributed by atoms with Crippen molar-refractivity contribution < 1.29 is 9.59 Å². The minimum atomic E-state index is 0.102. The number of carbonyl (C=O) groups is 2. The smallest absolute Gasteiger partial charge is 0.225 e. The highest BCUT2D eigenvalue weighted by Crippen LogP contribution is 2.14. The molecule has 5 nitrogen and oxygen atoms in total. The van der Waals surface area contributed by atoms with Crippen LogP contribution < -0.4 is 0 Å². The molecule has 1 saturated heterocycles. The molecule has 26 heavy (non-hydrogen) atoms. The monoisotopic (exact) mass is 417 g/mol. The normalized spacial score (nSPS) is 15.1. The Labute approximate surface area is 171 Å². The first-order valence-corrected chi connectivity index (χ1v) is 12.2. The fourth-order valence-corrected chi connectivity index (χ4v) is 4.13. The minimum absolute atomic E-state index is 0.102. The fraction of sp³-hybridized carbons (Fsp3) is 0.667. The Morgan fingerprint density at radius 1 is 0.923 bits per heavy atom. The predicted octanol–water partition coefficient (Wildman–Crippen LogP) is 3.51.